The summed E-state index contributed by atoms with van der Waals surface area (Å²) in [7, 11) is 0. The number of halogens is 2. The number of hydrogen-bond acceptors (Lipinski definition) is 1. The maximum atomic E-state index is 14.5. The maximum absolute atomic E-state index is 14.5. The van der Waals surface area contributed by atoms with Crippen molar-refractivity contribution in [3.63, 3.8) is 0 Å². The molecule has 0 amide bonds. The third-order valence-electron chi connectivity index (χ3n) is 5.28. The molecule has 1 fully saturated rings. The average Bonchev–Trinajstić information content (AvgIpc) is 3.50. The van der Waals surface area contributed by atoms with Gasteiger partial charge in [-0.3, -0.25) is 0 Å². The van der Waals surface area contributed by atoms with Crippen molar-refractivity contribution in [2.24, 2.45) is 5.92 Å². The first-order chi connectivity index (χ1) is 12.7. The summed E-state index contributed by atoms with van der Waals surface area (Å²) in [6.07, 6.45) is 10.0. The predicted molar refractivity (Wildman–Crippen MR) is 106 cm³/mol. The van der Waals surface area contributed by atoms with Crippen molar-refractivity contribution in [2.45, 2.75) is 32.3 Å². The lowest BCUT2D eigenvalue weighted by molar-refractivity contribution is 0.408. The topological polar surface area (TPSA) is 12.5 Å². The van der Waals surface area contributed by atoms with Gasteiger partial charge in [0, 0.05) is 11.1 Å². The molecule has 1 aliphatic carbocycles. The van der Waals surface area contributed by atoms with Gasteiger partial charge in [-0.2, -0.15) is 0 Å². The molecule has 0 spiro atoms. The summed E-state index contributed by atoms with van der Waals surface area (Å²) in [4.78, 5) is 0. The van der Waals surface area contributed by atoms with Crippen LogP contribution in [0.5, 0.6) is 0 Å². The fourth-order valence-corrected chi connectivity index (χ4v) is 3.97. The smallest absolute Gasteiger partial charge is 0.148 e. The first kappa shape index (κ1) is 17.5. The monoisotopic (exact) mass is 368 g/mol. The molecule has 2 aliphatic rings. The molecule has 1 heterocycles. The van der Waals surface area contributed by atoms with Crippen molar-refractivity contribution in [3.8, 4) is 11.1 Å². The quantitative estimate of drug-likeness (QED) is 0.419. The standard InChI is InChI=1S/C23H22ClFO/c1-2-3-15-4-6-16(7-5-15)17-8-10-18(11-9-17)19-12-13-20(21-14-26-21)23(25)22(19)24/h2-3,6,8-13,15,21H,4-5,7,14H2,1H3/b3-2+. The van der Waals surface area contributed by atoms with E-state index >= 15 is 0 Å². The predicted octanol–water partition coefficient (Wildman–Crippen LogP) is 6.98. The maximum Gasteiger partial charge on any atom is 0.148 e. The third kappa shape index (κ3) is 3.49. The van der Waals surface area contributed by atoms with Gasteiger partial charge in [0.15, 0.2) is 0 Å². The van der Waals surface area contributed by atoms with E-state index in [4.69, 9.17) is 16.3 Å². The summed E-state index contributed by atoms with van der Waals surface area (Å²) < 4.78 is 19.7. The van der Waals surface area contributed by atoms with Crippen molar-refractivity contribution < 1.29 is 9.13 Å². The Hall–Kier alpha value is -1.90. The lowest BCUT2D eigenvalue weighted by Crippen LogP contribution is -2.02. The van der Waals surface area contributed by atoms with Crippen LogP contribution in [0, 0.1) is 11.7 Å². The van der Waals surface area contributed by atoms with Gasteiger partial charge in [-0.15, -0.1) is 0 Å². The Kier molecular flexibility index (Phi) is 4.97. The van der Waals surface area contributed by atoms with Crippen LogP contribution in [0.1, 0.15) is 43.4 Å². The van der Waals surface area contributed by atoms with Crippen LogP contribution in [-0.2, 0) is 4.74 Å². The van der Waals surface area contributed by atoms with Crippen LogP contribution in [0.3, 0.4) is 0 Å². The summed E-state index contributed by atoms with van der Waals surface area (Å²) in [6.45, 7) is 2.65. The van der Waals surface area contributed by atoms with E-state index in [1.54, 1.807) is 6.07 Å². The molecule has 0 aromatic heterocycles. The Labute approximate surface area is 159 Å². The van der Waals surface area contributed by atoms with Crippen LogP contribution < -0.4 is 0 Å². The fourth-order valence-electron chi connectivity index (χ4n) is 3.69. The fraction of sp³-hybridized carbons (Fsp3) is 0.304. The van der Waals surface area contributed by atoms with Gasteiger partial charge in [0.1, 0.15) is 11.9 Å². The van der Waals surface area contributed by atoms with Gasteiger partial charge < -0.3 is 4.74 Å². The highest BCUT2D eigenvalue weighted by Crippen LogP contribution is 2.39. The van der Waals surface area contributed by atoms with Crippen LogP contribution in [0.4, 0.5) is 4.39 Å². The molecular formula is C23H22ClFO. The second-order valence-electron chi connectivity index (χ2n) is 7.02. The lowest BCUT2D eigenvalue weighted by atomic mass is 9.86. The Morgan fingerprint density at radius 1 is 1.12 bits per heavy atom. The van der Waals surface area contributed by atoms with Crippen LogP contribution in [-0.4, -0.2) is 6.61 Å². The highest BCUT2D eigenvalue weighted by atomic mass is 35.5. The Morgan fingerprint density at radius 3 is 2.46 bits per heavy atom. The molecule has 1 nitrogen and oxygen atoms in total. The second-order valence-corrected chi connectivity index (χ2v) is 7.40. The molecule has 1 aliphatic heterocycles. The molecule has 26 heavy (non-hydrogen) atoms. The van der Waals surface area contributed by atoms with E-state index in [1.165, 1.54) is 17.6 Å². The minimum Gasteiger partial charge on any atom is -0.368 e. The largest absolute Gasteiger partial charge is 0.368 e. The second kappa shape index (κ2) is 7.38. The molecular weight excluding hydrogens is 347 g/mol. The van der Waals surface area contributed by atoms with Gasteiger partial charge in [0.2, 0.25) is 0 Å². The minimum absolute atomic E-state index is 0.131. The van der Waals surface area contributed by atoms with E-state index in [-0.39, 0.29) is 16.9 Å². The molecule has 0 saturated carbocycles. The van der Waals surface area contributed by atoms with E-state index in [0.717, 1.165) is 24.0 Å². The van der Waals surface area contributed by atoms with Crippen molar-refractivity contribution in [3.05, 3.63) is 76.6 Å². The van der Waals surface area contributed by atoms with Crippen LogP contribution in [0.15, 0.2) is 54.6 Å². The first-order valence-electron chi connectivity index (χ1n) is 9.19. The third-order valence-corrected chi connectivity index (χ3v) is 5.64. The van der Waals surface area contributed by atoms with Crippen molar-refractivity contribution in [1.29, 1.82) is 0 Å². The van der Waals surface area contributed by atoms with Crippen LogP contribution >= 0.6 is 11.6 Å². The summed E-state index contributed by atoms with van der Waals surface area (Å²) in [6, 6.07) is 12.0. The summed E-state index contributed by atoms with van der Waals surface area (Å²) >= 11 is 6.29. The summed E-state index contributed by atoms with van der Waals surface area (Å²) in [5.41, 5.74) is 4.86. The van der Waals surface area contributed by atoms with Gasteiger partial charge in [-0.05, 0) is 48.8 Å². The Morgan fingerprint density at radius 2 is 1.85 bits per heavy atom. The number of rotatable bonds is 4. The molecule has 2 atom stereocenters. The molecule has 0 bridgehead atoms. The van der Waals surface area contributed by atoms with Gasteiger partial charge in [0.05, 0.1) is 11.6 Å². The van der Waals surface area contributed by atoms with E-state index in [0.29, 0.717) is 18.1 Å². The van der Waals surface area contributed by atoms with Gasteiger partial charge in [-0.25, -0.2) is 4.39 Å². The number of benzene rings is 2. The van der Waals surface area contributed by atoms with Crippen molar-refractivity contribution >= 4 is 17.2 Å². The molecule has 0 radical (unpaired) electrons. The van der Waals surface area contributed by atoms with Crippen molar-refractivity contribution in [1.82, 2.24) is 0 Å². The molecule has 2 unspecified atom stereocenters. The zero-order valence-electron chi connectivity index (χ0n) is 14.8. The summed E-state index contributed by atoms with van der Waals surface area (Å²) in [5.74, 6) is 0.305. The normalized spacial score (nSPS) is 22.5. The number of ether oxygens (including phenoxy) is 1. The molecule has 2 aromatic rings. The van der Waals surface area contributed by atoms with E-state index in [9.17, 15) is 4.39 Å². The van der Waals surface area contributed by atoms with Crippen molar-refractivity contribution in [2.75, 3.05) is 6.61 Å². The molecule has 4 rings (SSSR count). The first-order valence-corrected chi connectivity index (χ1v) is 9.57. The van der Waals surface area contributed by atoms with Crippen LogP contribution in [0.25, 0.3) is 16.7 Å². The molecule has 1 saturated heterocycles. The number of epoxide rings is 1. The number of hydrogen-bond donors (Lipinski definition) is 0. The Balaban J connectivity index is 1.56. The van der Waals surface area contributed by atoms with E-state index in [1.807, 2.05) is 18.2 Å². The highest BCUT2D eigenvalue weighted by Gasteiger charge is 2.29. The van der Waals surface area contributed by atoms with Gasteiger partial charge >= 0.3 is 0 Å². The molecule has 3 heteroatoms. The lowest BCUT2D eigenvalue weighted by Gasteiger charge is -2.19. The number of allylic oxidation sites excluding steroid dienone is 4. The molecule has 134 valence electrons. The highest BCUT2D eigenvalue weighted by molar-refractivity contribution is 6.33. The van der Waals surface area contributed by atoms with Gasteiger partial charge in [-0.1, -0.05) is 66.2 Å². The van der Waals surface area contributed by atoms with Crippen LogP contribution in [0.2, 0.25) is 5.02 Å². The Bertz CT molecular complexity index is 863. The average molecular weight is 369 g/mol. The van der Waals surface area contributed by atoms with E-state index < -0.39 is 0 Å². The van der Waals surface area contributed by atoms with Gasteiger partial charge in [0.25, 0.3) is 0 Å². The molecule has 0 N–H and O–H groups in total. The zero-order chi connectivity index (χ0) is 18.1. The SMILES string of the molecule is C/C=C/C1CC=C(c2ccc(-c3ccc(C4CO4)c(F)c3Cl)cc2)CC1. The summed E-state index contributed by atoms with van der Waals surface area (Å²) in [5, 5.41) is 0.178. The minimum atomic E-state index is -0.360. The molecule has 2 aromatic carbocycles. The van der Waals surface area contributed by atoms with E-state index in [2.05, 4.69) is 37.3 Å². The zero-order valence-corrected chi connectivity index (χ0v) is 15.6.